The fourth-order valence-electron chi connectivity index (χ4n) is 3.90. The van der Waals surface area contributed by atoms with Gasteiger partial charge >= 0.3 is 5.97 Å². The maximum atomic E-state index is 12.8. The number of nitrogens with zero attached hydrogens (tertiary/aromatic N) is 3. The predicted molar refractivity (Wildman–Crippen MR) is 124 cm³/mol. The zero-order chi connectivity index (χ0) is 22.8. The third-order valence-corrected chi connectivity index (χ3v) is 6.94. The Morgan fingerprint density at radius 2 is 2.06 bits per heavy atom. The summed E-state index contributed by atoms with van der Waals surface area (Å²) in [6, 6.07) is 6.97. The third kappa shape index (κ3) is 4.55. The Hall–Kier alpha value is -2.75. The summed E-state index contributed by atoms with van der Waals surface area (Å²) >= 11 is 7.19. The van der Waals surface area contributed by atoms with Crippen LogP contribution in [-0.2, 0) is 11.3 Å². The second kappa shape index (κ2) is 9.40. The molecule has 32 heavy (non-hydrogen) atoms. The first-order valence-corrected chi connectivity index (χ1v) is 11.4. The van der Waals surface area contributed by atoms with Crippen molar-refractivity contribution in [2.75, 3.05) is 33.3 Å². The Morgan fingerprint density at radius 3 is 2.81 bits per heavy atom. The van der Waals surface area contributed by atoms with E-state index >= 15 is 0 Å². The monoisotopic (exact) mass is 474 g/mol. The average Bonchev–Trinajstić information content (AvgIpc) is 2.94. The fraction of sp³-hybridized carbons (Fsp3) is 0.364. The quantitative estimate of drug-likeness (QED) is 0.584. The van der Waals surface area contributed by atoms with Gasteiger partial charge < -0.3 is 14.6 Å². The van der Waals surface area contributed by atoms with E-state index in [9.17, 15) is 14.4 Å². The molecule has 0 atom stereocenters. The molecule has 1 N–H and O–H groups in total. The topological polar surface area (TPSA) is 95.6 Å². The van der Waals surface area contributed by atoms with E-state index in [0.717, 1.165) is 13.0 Å². The molecule has 0 radical (unpaired) electrons. The second-order valence-corrected chi connectivity index (χ2v) is 9.11. The van der Waals surface area contributed by atoms with Crippen LogP contribution >= 0.6 is 22.9 Å². The minimum absolute atomic E-state index is 0.0355. The van der Waals surface area contributed by atoms with Crippen LogP contribution in [-0.4, -0.2) is 64.9 Å². The van der Waals surface area contributed by atoms with Gasteiger partial charge in [-0.05, 0) is 37.1 Å². The first kappa shape index (κ1) is 22.4. The zero-order valence-electron chi connectivity index (χ0n) is 17.8. The number of nitrogens with one attached hydrogen (secondary N) is 1. The van der Waals surface area contributed by atoms with Crippen LogP contribution in [0.25, 0.3) is 10.2 Å². The number of amides is 1. The van der Waals surface area contributed by atoms with Crippen LogP contribution in [0.3, 0.4) is 0 Å². The van der Waals surface area contributed by atoms with Crippen LogP contribution in [0, 0.1) is 6.92 Å². The Kier molecular flexibility index (Phi) is 6.59. The molecule has 3 aromatic rings. The van der Waals surface area contributed by atoms with Crippen LogP contribution in [0.2, 0.25) is 5.02 Å². The van der Waals surface area contributed by atoms with Crippen molar-refractivity contribution < 1.29 is 14.3 Å². The molecule has 4 rings (SSSR count). The van der Waals surface area contributed by atoms with E-state index in [1.807, 2.05) is 4.90 Å². The lowest BCUT2D eigenvalue weighted by molar-refractivity contribution is 0.0605. The van der Waals surface area contributed by atoms with Crippen LogP contribution < -0.4 is 5.56 Å². The second-order valence-electron chi connectivity index (χ2n) is 7.67. The highest BCUT2D eigenvalue weighted by atomic mass is 35.5. The number of aromatic amines is 1. The summed E-state index contributed by atoms with van der Waals surface area (Å²) in [5.74, 6) is 0.0323. The van der Waals surface area contributed by atoms with E-state index < -0.39 is 5.97 Å². The van der Waals surface area contributed by atoms with Crippen molar-refractivity contribution in [3.63, 3.8) is 0 Å². The number of methoxy groups -OCH3 is 1. The number of carbonyl (C=O) groups excluding carboxylic acids is 2. The van der Waals surface area contributed by atoms with Gasteiger partial charge in [0, 0.05) is 36.8 Å². The van der Waals surface area contributed by atoms with Gasteiger partial charge in [0.2, 0.25) is 0 Å². The van der Waals surface area contributed by atoms with E-state index in [0.29, 0.717) is 63.2 Å². The summed E-state index contributed by atoms with van der Waals surface area (Å²) < 4.78 is 4.80. The molecule has 168 valence electrons. The molecular formula is C22H23ClN4O4S. The highest BCUT2D eigenvalue weighted by molar-refractivity contribution is 7.20. The standard InChI is InChI=1S/C22H23ClN4O4S/c1-13-17-19(28)24-16(25-20(17)32-18(13)22(30)31-2)12-26-7-4-8-27(10-9-26)21(29)14-5-3-6-15(23)11-14/h3,5-6,11H,4,7-10,12H2,1-2H3,(H,24,25,28). The Bertz CT molecular complexity index is 1240. The van der Waals surface area contributed by atoms with Crippen molar-refractivity contribution >= 4 is 45.0 Å². The number of aryl methyl sites for hydroxylation is 1. The third-order valence-electron chi connectivity index (χ3n) is 5.54. The number of esters is 1. The van der Waals surface area contributed by atoms with Gasteiger partial charge in [-0.25, -0.2) is 9.78 Å². The van der Waals surface area contributed by atoms with Gasteiger partial charge in [0.25, 0.3) is 11.5 Å². The molecule has 1 aromatic carbocycles. The van der Waals surface area contributed by atoms with Crippen LogP contribution in [0.15, 0.2) is 29.1 Å². The molecule has 3 heterocycles. The lowest BCUT2D eigenvalue weighted by atomic mass is 10.2. The molecule has 1 saturated heterocycles. The smallest absolute Gasteiger partial charge is 0.348 e. The molecule has 10 heteroatoms. The summed E-state index contributed by atoms with van der Waals surface area (Å²) in [7, 11) is 1.31. The number of hydrogen-bond acceptors (Lipinski definition) is 7. The summed E-state index contributed by atoms with van der Waals surface area (Å²) in [4.78, 5) is 49.8. The molecule has 1 fully saturated rings. The van der Waals surface area contributed by atoms with Gasteiger partial charge in [0.05, 0.1) is 19.0 Å². The number of rotatable bonds is 4. The Balaban J connectivity index is 1.48. The molecule has 0 spiro atoms. The Labute approximate surface area is 193 Å². The Morgan fingerprint density at radius 1 is 1.25 bits per heavy atom. The normalized spacial score (nSPS) is 15.0. The number of fused-ring (bicyclic) bond motifs is 1. The van der Waals surface area contributed by atoms with E-state index in [1.54, 1.807) is 31.2 Å². The van der Waals surface area contributed by atoms with E-state index in [4.69, 9.17) is 16.3 Å². The molecule has 0 aliphatic carbocycles. The summed E-state index contributed by atoms with van der Waals surface area (Å²) in [6.45, 7) is 4.83. The molecule has 2 aromatic heterocycles. The molecule has 0 saturated carbocycles. The number of ether oxygens (including phenoxy) is 1. The van der Waals surface area contributed by atoms with Gasteiger partial charge in [-0.15, -0.1) is 11.3 Å². The predicted octanol–water partition coefficient (Wildman–Crippen LogP) is 3.08. The number of benzene rings is 1. The van der Waals surface area contributed by atoms with Gasteiger partial charge in [-0.3, -0.25) is 14.5 Å². The number of halogens is 1. The van der Waals surface area contributed by atoms with Crippen LogP contribution in [0.4, 0.5) is 0 Å². The number of aromatic nitrogens is 2. The van der Waals surface area contributed by atoms with Crippen molar-refractivity contribution in [3.8, 4) is 0 Å². The van der Waals surface area contributed by atoms with Gasteiger partial charge in [-0.1, -0.05) is 17.7 Å². The van der Waals surface area contributed by atoms with Gasteiger partial charge in [-0.2, -0.15) is 0 Å². The summed E-state index contributed by atoms with van der Waals surface area (Å²) in [5, 5.41) is 0.963. The highest BCUT2D eigenvalue weighted by Crippen LogP contribution is 2.27. The van der Waals surface area contributed by atoms with Crippen molar-refractivity contribution in [2.45, 2.75) is 19.9 Å². The first-order valence-electron chi connectivity index (χ1n) is 10.2. The van der Waals surface area contributed by atoms with Crippen molar-refractivity contribution in [2.24, 2.45) is 0 Å². The average molecular weight is 475 g/mol. The van der Waals surface area contributed by atoms with Gasteiger partial charge in [0.1, 0.15) is 15.5 Å². The van der Waals surface area contributed by atoms with E-state index in [1.165, 1.54) is 18.4 Å². The lowest BCUT2D eigenvalue weighted by Gasteiger charge is -2.22. The molecule has 1 aliphatic rings. The summed E-state index contributed by atoms with van der Waals surface area (Å²) in [6.07, 6.45) is 0.809. The number of carbonyl (C=O) groups is 2. The molecule has 0 bridgehead atoms. The number of thiophene rings is 1. The fourth-order valence-corrected chi connectivity index (χ4v) is 5.21. The van der Waals surface area contributed by atoms with Crippen LogP contribution in [0.1, 0.15) is 37.8 Å². The maximum absolute atomic E-state index is 12.8. The maximum Gasteiger partial charge on any atom is 0.348 e. The van der Waals surface area contributed by atoms with Crippen molar-refractivity contribution in [1.82, 2.24) is 19.8 Å². The van der Waals surface area contributed by atoms with Crippen molar-refractivity contribution in [1.29, 1.82) is 0 Å². The minimum atomic E-state index is -0.469. The highest BCUT2D eigenvalue weighted by Gasteiger charge is 2.23. The molecule has 8 nitrogen and oxygen atoms in total. The van der Waals surface area contributed by atoms with Crippen molar-refractivity contribution in [3.05, 3.63) is 61.5 Å². The van der Waals surface area contributed by atoms with Crippen LogP contribution in [0.5, 0.6) is 0 Å². The SMILES string of the molecule is COC(=O)c1sc2nc(CN3CCCN(C(=O)c4cccc(Cl)c4)CC3)[nH]c(=O)c2c1C. The molecule has 0 unspecified atom stereocenters. The lowest BCUT2D eigenvalue weighted by Crippen LogP contribution is -2.35. The zero-order valence-corrected chi connectivity index (χ0v) is 19.4. The molecular weight excluding hydrogens is 452 g/mol. The van der Waals surface area contributed by atoms with E-state index in [-0.39, 0.29) is 11.5 Å². The largest absolute Gasteiger partial charge is 0.465 e. The molecule has 1 aliphatic heterocycles. The number of hydrogen-bond donors (Lipinski definition) is 1. The molecule has 1 amide bonds. The van der Waals surface area contributed by atoms with E-state index in [2.05, 4.69) is 14.9 Å². The minimum Gasteiger partial charge on any atom is -0.465 e. The van der Waals surface area contributed by atoms with Gasteiger partial charge in [0.15, 0.2) is 0 Å². The summed E-state index contributed by atoms with van der Waals surface area (Å²) in [5.41, 5.74) is 0.903. The number of H-pyrrole nitrogens is 1. The first-order chi connectivity index (χ1) is 15.4.